The van der Waals surface area contributed by atoms with E-state index in [1.165, 1.54) is 0 Å². The summed E-state index contributed by atoms with van der Waals surface area (Å²) >= 11 is 0. The van der Waals surface area contributed by atoms with Gasteiger partial charge < -0.3 is 9.84 Å². The van der Waals surface area contributed by atoms with Gasteiger partial charge in [0.2, 0.25) is 0 Å². The lowest BCUT2D eigenvalue weighted by Crippen LogP contribution is -2.53. The molecule has 20 heavy (non-hydrogen) atoms. The zero-order chi connectivity index (χ0) is 14.6. The highest BCUT2D eigenvalue weighted by Gasteiger charge is 2.46. The average molecular weight is 274 g/mol. The molecule has 0 amide bonds. The fraction of sp³-hybridized carbons (Fsp3) is 0.562. The van der Waals surface area contributed by atoms with E-state index in [4.69, 9.17) is 9.84 Å². The summed E-state index contributed by atoms with van der Waals surface area (Å²) < 4.78 is 5.80. The third-order valence-corrected chi connectivity index (χ3v) is 3.59. The maximum Gasteiger partial charge on any atom is 0.144 e. The monoisotopic (exact) mass is 274 g/mol. The van der Waals surface area contributed by atoms with Gasteiger partial charge in [-0.25, -0.2) is 0 Å². The molecule has 0 bridgehead atoms. The van der Waals surface area contributed by atoms with E-state index in [1.54, 1.807) is 0 Å². The Morgan fingerprint density at radius 3 is 2.50 bits per heavy atom. The summed E-state index contributed by atoms with van der Waals surface area (Å²) in [5.41, 5.74) is 0.260. The number of nitrogens with zero attached hydrogens (tertiary/aromatic N) is 1. The smallest absolute Gasteiger partial charge is 0.144 e. The van der Waals surface area contributed by atoms with Crippen LogP contribution in [0.2, 0.25) is 0 Å². The van der Waals surface area contributed by atoms with Crippen molar-refractivity contribution in [2.24, 2.45) is 5.92 Å². The Hall–Kier alpha value is -1.57. The number of aliphatic hydroxyl groups is 1. The quantitative estimate of drug-likeness (QED) is 0.800. The Balaban J connectivity index is 2.02. The van der Waals surface area contributed by atoms with Gasteiger partial charge >= 0.3 is 0 Å². The van der Waals surface area contributed by atoms with Gasteiger partial charge in [0.15, 0.2) is 0 Å². The lowest BCUT2D eigenvalue weighted by molar-refractivity contribution is 0.192. The molecule has 0 heterocycles. The van der Waals surface area contributed by atoms with Crippen LogP contribution in [0, 0.1) is 17.2 Å². The van der Waals surface area contributed by atoms with Crippen LogP contribution < -0.4 is 10.1 Å². The van der Waals surface area contributed by atoms with Crippen molar-refractivity contribution in [3.05, 3.63) is 29.8 Å². The van der Waals surface area contributed by atoms with Crippen LogP contribution >= 0.6 is 0 Å². The Morgan fingerprint density at radius 2 is 2.05 bits per heavy atom. The normalized spacial score (nSPS) is 17.6. The number of nitriles is 1. The van der Waals surface area contributed by atoms with E-state index < -0.39 is 5.54 Å². The first-order valence-electron chi connectivity index (χ1n) is 7.11. The Kier molecular flexibility index (Phi) is 4.64. The molecule has 2 rings (SSSR count). The SMILES string of the molecule is CC(C)NC(C#N)(COc1ccc(CO)cc1)C1CC1. The van der Waals surface area contributed by atoms with Gasteiger partial charge in [0.05, 0.1) is 12.7 Å². The third-order valence-electron chi connectivity index (χ3n) is 3.59. The van der Waals surface area contributed by atoms with Gasteiger partial charge in [0.25, 0.3) is 0 Å². The van der Waals surface area contributed by atoms with Gasteiger partial charge in [-0.3, -0.25) is 5.32 Å². The molecule has 1 unspecified atom stereocenters. The average Bonchev–Trinajstić information content (AvgIpc) is 3.28. The minimum Gasteiger partial charge on any atom is -0.491 e. The van der Waals surface area contributed by atoms with Crippen molar-refractivity contribution in [2.45, 2.75) is 44.9 Å². The lowest BCUT2D eigenvalue weighted by Gasteiger charge is -2.30. The first-order valence-corrected chi connectivity index (χ1v) is 7.11. The van der Waals surface area contributed by atoms with E-state index in [0.29, 0.717) is 12.5 Å². The van der Waals surface area contributed by atoms with Gasteiger partial charge in [-0.2, -0.15) is 5.26 Å². The van der Waals surface area contributed by atoms with Gasteiger partial charge in [-0.15, -0.1) is 0 Å². The number of benzene rings is 1. The Bertz CT molecular complexity index is 474. The molecule has 4 nitrogen and oxygen atoms in total. The molecule has 1 aromatic rings. The summed E-state index contributed by atoms with van der Waals surface area (Å²) in [7, 11) is 0. The molecule has 1 aliphatic carbocycles. The highest BCUT2D eigenvalue weighted by atomic mass is 16.5. The van der Waals surface area contributed by atoms with E-state index in [0.717, 1.165) is 24.2 Å². The fourth-order valence-electron chi connectivity index (χ4n) is 2.41. The summed E-state index contributed by atoms with van der Waals surface area (Å²) in [5, 5.41) is 22.0. The Morgan fingerprint density at radius 1 is 1.40 bits per heavy atom. The van der Waals surface area contributed by atoms with Crippen molar-refractivity contribution >= 4 is 0 Å². The van der Waals surface area contributed by atoms with Crippen LogP contribution in [0.15, 0.2) is 24.3 Å². The van der Waals surface area contributed by atoms with Crippen LogP contribution in [0.3, 0.4) is 0 Å². The van der Waals surface area contributed by atoms with Crippen molar-refractivity contribution in [2.75, 3.05) is 6.61 Å². The topological polar surface area (TPSA) is 65.3 Å². The van der Waals surface area contributed by atoms with Crippen LogP contribution in [0.1, 0.15) is 32.3 Å². The van der Waals surface area contributed by atoms with E-state index in [1.807, 2.05) is 38.1 Å². The molecule has 0 saturated heterocycles. The highest BCUT2D eigenvalue weighted by Crippen LogP contribution is 2.40. The molecule has 4 heteroatoms. The maximum atomic E-state index is 9.57. The largest absolute Gasteiger partial charge is 0.491 e. The molecule has 108 valence electrons. The molecule has 2 N–H and O–H groups in total. The standard InChI is InChI=1S/C16H22N2O2/c1-12(2)18-16(10-17,14-5-6-14)11-20-15-7-3-13(9-19)4-8-15/h3-4,7-8,12,14,18-19H,5-6,9,11H2,1-2H3. The van der Waals surface area contributed by atoms with Crippen molar-refractivity contribution in [1.29, 1.82) is 5.26 Å². The van der Waals surface area contributed by atoms with Crippen molar-refractivity contribution in [3.8, 4) is 11.8 Å². The molecule has 1 fully saturated rings. The number of rotatable bonds is 7. The fourth-order valence-corrected chi connectivity index (χ4v) is 2.41. The number of ether oxygens (including phenoxy) is 1. The maximum absolute atomic E-state index is 9.57. The van der Waals surface area contributed by atoms with E-state index in [2.05, 4.69) is 11.4 Å². The Labute approximate surface area is 120 Å². The number of nitrogens with one attached hydrogen (secondary N) is 1. The van der Waals surface area contributed by atoms with Crippen LogP contribution in [0.25, 0.3) is 0 Å². The third kappa shape index (κ3) is 3.50. The van der Waals surface area contributed by atoms with Gasteiger partial charge in [-0.1, -0.05) is 12.1 Å². The van der Waals surface area contributed by atoms with Crippen LogP contribution in [-0.2, 0) is 6.61 Å². The molecular weight excluding hydrogens is 252 g/mol. The number of hydrogen-bond donors (Lipinski definition) is 2. The van der Waals surface area contributed by atoms with Crippen molar-refractivity contribution in [1.82, 2.24) is 5.32 Å². The minimum absolute atomic E-state index is 0.0272. The minimum atomic E-state index is -0.593. The zero-order valence-corrected chi connectivity index (χ0v) is 12.1. The molecular formula is C16H22N2O2. The van der Waals surface area contributed by atoms with Crippen LogP contribution in [0.5, 0.6) is 5.75 Å². The predicted octanol–water partition coefficient (Wildman–Crippen LogP) is 2.23. The molecule has 1 aromatic carbocycles. The molecule has 0 aliphatic heterocycles. The summed E-state index contributed by atoms with van der Waals surface area (Å²) in [5.74, 6) is 1.11. The second kappa shape index (κ2) is 6.25. The van der Waals surface area contributed by atoms with Gasteiger partial charge in [-0.05, 0) is 50.3 Å². The molecule has 0 radical (unpaired) electrons. The summed E-state index contributed by atoms with van der Waals surface area (Å²) in [4.78, 5) is 0. The van der Waals surface area contributed by atoms with Crippen LogP contribution in [0.4, 0.5) is 0 Å². The molecule has 1 atom stereocenters. The van der Waals surface area contributed by atoms with Crippen molar-refractivity contribution in [3.63, 3.8) is 0 Å². The summed E-state index contributed by atoms with van der Waals surface area (Å²) in [6, 6.07) is 9.99. The second-order valence-corrected chi connectivity index (χ2v) is 5.75. The first-order chi connectivity index (χ1) is 9.59. The molecule has 0 spiro atoms. The molecule has 1 aliphatic rings. The second-order valence-electron chi connectivity index (χ2n) is 5.75. The summed E-state index contributed by atoms with van der Waals surface area (Å²) in [6.45, 7) is 4.47. The summed E-state index contributed by atoms with van der Waals surface area (Å²) in [6.07, 6.45) is 2.17. The number of aliphatic hydroxyl groups excluding tert-OH is 1. The molecule has 0 aromatic heterocycles. The van der Waals surface area contributed by atoms with E-state index in [-0.39, 0.29) is 12.6 Å². The van der Waals surface area contributed by atoms with Crippen molar-refractivity contribution < 1.29 is 9.84 Å². The molecule has 1 saturated carbocycles. The lowest BCUT2D eigenvalue weighted by atomic mass is 9.95. The van der Waals surface area contributed by atoms with Gasteiger partial charge in [0, 0.05) is 6.04 Å². The number of hydrogen-bond acceptors (Lipinski definition) is 4. The van der Waals surface area contributed by atoms with Gasteiger partial charge in [0.1, 0.15) is 17.9 Å². The predicted molar refractivity (Wildman–Crippen MR) is 77.2 cm³/mol. The van der Waals surface area contributed by atoms with E-state index in [9.17, 15) is 5.26 Å². The first kappa shape index (κ1) is 14.8. The zero-order valence-electron chi connectivity index (χ0n) is 12.1. The highest BCUT2D eigenvalue weighted by molar-refractivity contribution is 5.27. The van der Waals surface area contributed by atoms with Crippen LogP contribution in [-0.4, -0.2) is 23.3 Å². The van der Waals surface area contributed by atoms with E-state index >= 15 is 0 Å².